The zero-order valence-electron chi connectivity index (χ0n) is 12.2. The molecule has 0 radical (unpaired) electrons. The molecule has 0 bridgehead atoms. The monoisotopic (exact) mass is 356 g/mol. The second kappa shape index (κ2) is 6.95. The number of aliphatic hydroxyl groups is 1. The van der Waals surface area contributed by atoms with E-state index in [9.17, 15) is 19.9 Å². The molecule has 6 nitrogen and oxygen atoms in total. The number of hydrogen-bond donors (Lipinski definition) is 5. The lowest BCUT2D eigenvalue weighted by molar-refractivity contribution is 0.145. The fourth-order valence-corrected chi connectivity index (χ4v) is 4.21. The lowest BCUT2D eigenvalue weighted by Crippen LogP contribution is -2.09. The number of benzene rings is 2. The Morgan fingerprint density at radius 2 is 1.65 bits per heavy atom. The first-order chi connectivity index (χ1) is 10.7. The molecular formula is C15H17O6PS. The maximum absolute atomic E-state index is 11.2. The van der Waals surface area contributed by atoms with E-state index < -0.39 is 18.8 Å². The summed E-state index contributed by atoms with van der Waals surface area (Å²) in [6.45, 7) is -2.70. The minimum absolute atomic E-state index is 0.0707. The highest BCUT2D eigenvalue weighted by atomic mass is 32.7. The van der Waals surface area contributed by atoms with Gasteiger partial charge in [0.2, 0.25) is 0 Å². The van der Waals surface area contributed by atoms with E-state index in [1.54, 1.807) is 19.1 Å². The topological polar surface area (TPSA) is 118 Å². The maximum atomic E-state index is 11.2. The summed E-state index contributed by atoms with van der Waals surface area (Å²) in [5, 5.41) is 29.9. The standard InChI is InChI=1S/C15H17O6PS/c1-9(10-5-7-11(16)8-6-10)15(18)14-12(17)3-2-4-13(14)23-22(19,20)21/h2-9,15-18H,1H3,(H2,19,20,21). The third kappa shape index (κ3) is 4.50. The van der Waals surface area contributed by atoms with Crippen molar-refractivity contribution in [3.05, 3.63) is 53.6 Å². The maximum Gasteiger partial charge on any atom is 0.388 e. The molecular weight excluding hydrogens is 339 g/mol. The van der Waals surface area contributed by atoms with E-state index in [1.807, 2.05) is 0 Å². The van der Waals surface area contributed by atoms with Crippen LogP contribution in [-0.2, 0) is 4.57 Å². The smallest absolute Gasteiger partial charge is 0.388 e. The number of rotatable bonds is 5. The van der Waals surface area contributed by atoms with Crippen LogP contribution < -0.4 is 0 Å². The Bertz CT molecular complexity index is 727. The van der Waals surface area contributed by atoms with Crippen LogP contribution >= 0.6 is 18.2 Å². The molecule has 2 aromatic rings. The van der Waals surface area contributed by atoms with Crippen molar-refractivity contribution in [2.24, 2.45) is 0 Å². The molecule has 0 aliphatic carbocycles. The van der Waals surface area contributed by atoms with Crippen LogP contribution in [0.2, 0.25) is 0 Å². The molecule has 2 unspecified atom stereocenters. The van der Waals surface area contributed by atoms with Crippen LogP contribution in [-0.4, -0.2) is 25.1 Å². The number of hydrogen-bond acceptors (Lipinski definition) is 5. The predicted molar refractivity (Wildman–Crippen MR) is 87.5 cm³/mol. The van der Waals surface area contributed by atoms with Gasteiger partial charge in [-0.25, -0.2) is 4.57 Å². The first kappa shape index (κ1) is 17.8. The van der Waals surface area contributed by atoms with E-state index in [-0.39, 0.29) is 22.0 Å². The molecule has 0 aromatic heterocycles. The minimum atomic E-state index is -4.42. The lowest BCUT2D eigenvalue weighted by atomic mass is 9.90. The molecule has 2 aromatic carbocycles. The van der Waals surface area contributed by atoms with Gasteiger partial charge in [-0.3, -0.25) is 0 Å². The molecule has 0 aliphatic rings. The van der Waals surface area contributed by atoms with Crippen LogP contribution in [0.4, 0.5) is 0 Å². The quantitative estimate of drug-likeness (QED) is 0.522. The van der Waals surface area contributed by atoms with Gasteiger partial charge in [0.25, 0.3) is 0 Å². The fourth-order valence-electron chi connectivity index (χ4n) is 2.25. The molecule has 23 heavy (non-hydrogen) atoms. The molecule has 2 atom stereocenters. The molecule has 0 saturated carbocycles. The van der Waals surface area contributed by atoms with Gasteiger partial charge in [0.15, 0.2) is 0 Å². The van der Waals surface area contributed by atoms with Crippen LogP contribution in [0.1, 0.15) is 30.1 Å². The van der Waals surface area contributed by atoms with Gasteiger partial charge in [0, 0.05) is 16.4 Å². The third-order valence-electron chi connectivity index (χ3n) is 3.45. The Kier molecular flexibility index (Phi) is 5.39. The van der Waals surface area contributed by atoms with E-state index in [0.29, 0.717) is 16.9 Å². The van der Waals surface area contributed by atoms with Crippen LogP contribution in [0.5, 0.6) is 11.5 Å². The van der Waals surface area contributed by atoms with Gasteiger partial charge >= 0.3 is 6.80 Å². The van der Waals surface area contributed by atoms with Crippen molar-refractivity contribution in [1.82, 2.24) is 0 Å². The summed E-state index contributed by atoms with van der Waals surface area (Å²) in [5.41, 5.74) is 0.784. The van der Waals surface area contributed by atoms with Crippen molar-refractivity contribution < 1.29 is 29.7 Å². The van der Waals surface area contributed by atoms with Gasteiger partial charge in [0.1, 0.15) is 11.5 Å². The van der Waals surface area contributed by atoms with Crippen LogP contribution in [0.25, 0.3) is 0 Å². The van der Waals surface area contributed by atoms with E-state index in [1.165, 1.54) is 30.3 Å². The van der Waals surface area contributed by atoms with E-state index in [0.717, 1.165) is 0 Å². The second-order valence-electron chi connectivity index (χ2n) is 5.10. The number of aromatic hydroxyl groups is 2. The van der Waals surface area contributed by atoms with Gasteiger partial charge in [-0.05, 0) is 41.2 Å². The van der Waals surface area contributed by atoms with Crippen LogP contribution in [0.3, 0.4) is 0 Å². The normalized spacial score (nSPS) is 14.4. The SMILES string of the molecule is CC(c1ccc(O)cc1)C(O)c1c(O)cccc1SP(=O)(O)O. The summed E-state index contributed by atoms with van der Waals surface area (Å²) in [5.74, 6) is -0.600. The zero-order chi connectivity index (χ0) is 17.2. The molecule has 124 valence electrons. The highest BCUT2D eigenvalue weighted by Crippen LogP contribution is 2.57. The third-order valence-corrected chi connectivity index (χ3v) is 5.54. The molecule has 0 saturated heterocycles. The highest BCUT2D eigenvalue weighted by Gasteiger charge is 2.27. The summed E-state index contributed by atoms with van der Waals surface area (Å²) in [6, 6.07) is 10.5. The van der Waals surface area contributed by atoms with Crippen molar-refractivity contribution in [3.8, 4) is 11.5 Å². The Balaban J connectivity index is 2.40. The summed E-state index contributed by atoms with van der Waals surface area (Å²) in [7, 11) is 0. The Morgan fingerprint density at radius 3 is 2.22 bits per heavy atom. The van der Waals surface area contributed by atoms with Crippen molar-refractivity contribution >= 4 is 18.2 Å². The number of phenolic OH excluding ortho intramolecular Hbond substituents is 2. The van der Waals surface area contributed by atoms with Gasteiger partial charge in [-0.15, -0.1) is 0 Å². The first-order valence-electron chi connectivity index (χ1n) is 6.73. The van der Waals surface area contributed by atoms with Crippen molar-refractivity contribution in [3.63, 3.8) is 0 Å². The molecule has 0 spiro atoms. The van der Waals surface area contributed by atoms with Gasteiger partial charge < -0.3 is 25.1 Å². The van der Waals surface area contributed by atoms with E-state index in [2.05, 4.69) is 0 Å². The van der Waals surface area contributed by atoms with Gasteiger partial charge in [-0.1, -0.05) is 25.1 Å². The molecule has 2 rings (SSSR count). The Labute approximate surface area is 137 Å². The largest absolute Gasteiger partial charge is 0.508 e. The summed E-state index contributed by atoms with van der Waals surface area (Å²) < 4.78 is 11.2. The van der Waals surface area contributed by atoms with Crippen molar-refractivity contribution in [2.75, 3.05) is 0 Å². The van der Waals surface area contributed by atoms with Crippen molar-refractivity contribution in [2.45, 2.75) is 23.8 Å². The Hall–Kier alpha value is -1.50. The first-order valence-corrected chi connectivity index (χ1v) is 9.76. The van der Waals surface area contributed by atoms with E-state index >= 15 is 0 Å². The Morgan fingerprint density at radius 1 is 1.04 bits per heavy atom. The summed E-state index contributed by atoms with van der Waals surface area (Å²) >= 11 is 0.292. The van der Waals surface area contributed by atoms with Crippen LogP contribution in [0, 0.1) is 0 Å². The second-order valence-corrected chi connectivity index (χ2v) is 8.67. The lowest BCUT2D eigenvalue weighted by Gasteiger charge is -2.23. The molecule has 0 aliphatic heterocycles. The van der Waals surface area contributed by atoms with Crippen LogP contribution in [0.15, 0.2) is 47.4 Å². The molecule has 8 heteroatoms. The summed E-state index contributed by atoms with van der Waals surface area (Å²) in [4.78, 5) is 18.4. The van der Waals surface area contributed by atoms with Crippen molar-refractivity contribution in [1.29, 1.82) is 0 Å². The molecule has 0 fully saturated rings. The average Bonchev–Trinajstić information content (AvgIpc) is 2.45. The number of aliphatic hydroxyl groups excluding tert-OH is 1. The average molecular weight is 356 g/mol. The highest BCUT2D eigenvalue weighted by molar-refractivity contribution is 8.54. The zero-order valence-corrected chi connectivity index (χ0v) is 13.9. The molecule has 0 heterocycles. The fraction of sp³-hybridized carbons (Fsp3) is 0.200. The minimum Gasteiger partial charge on any atom is -0.508 e. The molecule has 0 amide bonds. The predicted octanol–water partition coefficient (Wildman–Crippen LogP) is 3.12. The van der Waals surface area contributed by atoms with E-state index in [4.69, 9.17) is 9.79 Å². The van der Waals surface area contributed by atoms with Gasteiger partial charge in [-0.2, -0.15) is 0 Å². The number of phenols is 2. The summed E-state index contributed by atoms with van der Waals surface area (Å²) in [6.07, 6.45) is -1.17. The van der Waals surface area contributed by atoms with Gasteiger partial charge in [0.05, 0.1) is 6.10 Å². The molecule has 5 N–H and O–H groups in total.